The molecule has 2 atom stereocenters. The summed E-state index contributed by atoms with van der Waals surface area (Å²) in [6.45, 7) is 3.35. The van der Waals surface area contributed by atoms with Crippen molar-refractivity contribution in [2.45, 2.75) is 36.9 Å². The molecule has 0 bridgehead atoms. The van der Waals surface area contributed by atoms with Gasteiger partial charge in [-0.1, -0.05) is 6.07 Å². The summed E-state index contributed by atoms with van der Waals surface area (Å²) in [6.07, 6.45) is -2.72. The first-order chi connectivity index (χ1) is 10.2. The lowest BCUT2D eigenvalue weighted by Crippen LogP contribution is -2.44. The quantitative estimate of drug-likeness (QED) is 0.887. The third kappa shape index (κ3) is 4.21. The van der Waals surface area contributed by atoms with Crippen molar-refractivity contribution in [3.63, 3.8) is 0 Å². The topological polar surface area (TPSA) is 58.2 Å². The van der Waals surface area contributed by atoms with Gasteiger partial charge >= 0.3 is 6.18 Å². The van der Waals surface area contributed by atoms with E-state index in [2.05, 4.69) is 10.0 Å². The molecule has 0 amide bonds. The van der Waals surface area contributed by atoms with Crippen molar-refractivity contribution in [2.24, 2.45) is 5.92 Å². The van der Waals surface area contributed by atoms with Gasteiger partial charge < -0.3 is 5.32 Å². The standard InChI is InChI=1S/C14H19F3N2O2S/c1-10(11-4-3-7-18-9-11)19-22(20,21)13-6-2-5-12(8-13)14(15,16)17/h2,5-6,8,10-11,18-19H,3-4,7,9H2,1H3. The van der Waals surface area contributed by atoms with E-state index in [0.717, 1.165) is 31.5 Å². The lowest BCUT2D eigenvalue weighted by molar-refractivity contribution is -0.137. The highest BCUT2D eigenvalue weighted by Gasteiger charge is 2.32. The molecule has 124 valence electrons. The molecule has 2 N–H and O–H groups in total. The predicted molar refractivity (Wildman–Crippen MR) is 76.8 cm³/mol. The normalized spacial score (nSPS) is 21.5. The number of hydrogen-bond donors (Lipinski definition) is 2. The van der Waals surface area contributed by atoms with E-state index in [1.54, 1.807) is 6.92 Å². The van der Waals surface area contributed by atoms with Crippen LogP contribution in [0.5, 0.6) is 0 Å². The van der Waals surface area contributed by atoms with E-state index in [-0.39, 0.29) is 16.9 Å². The molecule has 2 unspecified atom stereocenters. The molecule has 4 nitrogen and oxygen atoms in total. The molecule has 1 aliphatic heterocycles. The number of benzene rings is 1. The van der Waals surface area contributed by atoms with E-state index in [4.69, 9.17) is 0 Å². The van der Waals surface area contributed by atoms with E-state index < -0.39 is 21.8 Å². The van der Waals surface area contributed by atoms with Gasteiger partial charge in [-0.05, 0) is 57.0 Å². The van der Waals surface area contributed by atoms with Crippen molar-refractivity contribution >= 4 is 10.0 Å². The maximum atomic E-state index is 12.7. The molecule has 1 aromatic rings. The number of hydrogen-bond acceptors (Lipinski definition) is 3. The van der Waals surface area contributed by atoms with Crippen LogP contribution in [0.25, 0.3) is 0 Å². The van der Waals surface area contributed by atoms with Crippen LogP contribution in [0.4, 0.5) is 13.2 Å². The number of rotatable bonds is 4. The zero-order valence-electron chi connectivity index (χ0n) is 12.2. The van der Waals surface area contributed by atoms with Gasteiger partial charge in [0.1, 0.15) is 0 Å². The van der Waals surface area contributed by atoms with Gasteiger partial charge in [0.05, 0.1) is 10.5 Å². The zero-order chi connectivity index (χ0) is 16.4. The van der Waals surface area contributed by atoms with E-state index in [0.29, 0.717) is 12.6 Å². The van der Waals surface area contributed by atoms with E-state index in [9.17, 15) is 21.6 Å². The average Bonchev–Trinajstić information content (AvgIpc) is 2.47. The maximum absolute atomic E-state index is 12.7. The molecule has 1 fully saturated rings. The van der Waals surface area contributed by atoms with Crippen molar-refractivity contribution in [2.75, 3.05) is 13.1 Å². The second-order valence-electron chi connectivity index (χ2n) is 5.54. The van der Waals surface area contributed by atoms with E-state index in [1.807, 2.05) is 0 Å². The minimum absolute atomic E-state index is 0.134. The molecule has 0 aliphatic carbocycles. The van der Waals surface area contributed by atoms with Gasteiger partial charge in [-0.3, -0.25) is 0 Å². The van der Waals surface area contributed by atoms with Crippen LogP contribution in [-0.4, -0.2) is 27.5 Å². The summed E-state index contributed by atoms with van der Waals surface area (Å²) in [5.41, 5.74) is -0.970. The highest BCUT2D eigenvalue weighted by atomic mass is 32.2. The highest BCUT2D eigenvalue weighted by molar-refractivity contribution is 7.89. The first kappa shape index (κ1) is 17.2. The Labute approximate surface area is 128 Å². The molecular weight excluding hydrogens is 317 g/mol. The summed E-state index contributed by atoms with van der Waals surface area (Å²) in [4.78, 5) is -0.363. The van der Waals surface area contributed by atoms with Crippen LogP contribution in [0.3, 0.4) is 0 Å². The minimum atomic E-state index is -4.57. The van der Waals surface area contributed by atoms with Crippen LogP contribution in [0.15, 0.2) is 29.2 Å². The van der Waals surface area contributed by atoms with Crippen LogP contribution in [0.1, 0.15) is 25.3 Å². The molecule has 8 heteroatoms. The summed E-state index contributed by atoms with van der Waals surface area (Å²) in [7, 11) is -3.97. The first-order valence-corrected chi connectivity index (χ1v) is 8.59. The number of alkyl halides is 3. The lowest BCUT2D eigenvalue weighted by Gasteiger charge is -2.28. The van der Waals surface area contributed by atoms with Crippen LogP contribution in [0.2, 0.25) is 0 Å². The molecule has 1 heterocycles. The van der Waals surface area contributed by atoms with Crippen LogP contribution < -0.4 is 10.0 Å². The van der Waals surface area contributed by atoms with Gasteiger partial charge in [0, 0.05) is 6.04 Å². The van der Waals surface area contributed by atoms with Crippen LogP contribution in [0, 0.1) is 5.92 Å². The van der Waals surface area contributed by atoms with Gasteiger partial charge in [-0.2, -0.15) is 13.2 Å². The molecule has 1 aromatic carbocycles. The predicted octanol–water partition coefficient (Wildman–Crippen LogP) is 2.37. The molecule has 1 aliphatic rings. The van der Waals surface area contributed by atoms with Gasteiger partial charge in [-0.15, -0.1) is 0 Å². The van der Waals surface area contributed by atoms with Crippen molar-refractivity contribution in [1.82, 2.24) is 10.0 Å². The van der Waals surface area contributed by atoms with Crippen molar-refractivity contribution < 1.29 is 21.6 Å². The summed E-state index contributed by atoms with van der Waals surface area (Å²) >= 11 is 0. The summed E-state index contributed by atoms with van der Waals surface area (Å²) in [5.74, 6) is 0.134. The Balaban J connectivity index is 2.16. The molecule has 1 saturated heterocycles. The molecule has 0 aromatic heterocycles. The highest BCUT2D eigenvalue weighted by Crippen LogP contribution is 2.30. The Bertz CT molecular complexity index is 611. The van der Waals surface area contributed by atoms with Gasteiger partial charge in [0.2, 0.25) is 10.0 Å². The zero-order valence-corrected chi connectivity index (χ0v) is 13.0. The second kappa shape index (κ2) is 6.55. The lowest BCUT2D eigenvalue weighted by atomic mass is 9.94. The number of piperidine rings is 1. The number of halogens is 3. The molecule has 0 radical (unpaired) electrons. The Morgan fingerprint density at radius 3 is 2.68 bits per heavy atom. The largest absolute Gasteiger partial charge is 0.416 e. The fraction of sp³-hybridized carbons (Fsp3) is 0.571. The number of nitrogens with one attached hydrogen (secondary N) is 2. The van der Waals surface area contributed by atoms with E-state index >= 15 is 0 Å². The molecule has 22 heavy (non-hydrogen) atoms. The molecule has 0 saturated carbocycles. The van der Waals surface area contributed by atoms with Gasteiger partial charge in [0.15, 0.2) is 0 Å². The molecular formula is C14H19F3N2O2S. The van der Waals surface area contributed by atoms with Gasteiger partial charge in [0.25, 0.3) is 0 Å². The number of sulfonamides is 1. The Morgan fingerprint density at radius 1 is 1.36 bits per heavy atom. The monoisotopic (exact) mass is 336 g/mol. The maximum Gasteiger partial charge on any atom is 0.416 e. The summed E-state index contributed by atoms with van der Waals surface area (Å²) in [5, 5.41) is 3.19. The fourth-order valence-electron chi connectivity index (χ4n) is 2.55. The van der Waals surface area contributed by atoms with Crippen molar-refractivity contribution in [3.05, 3.63) is 29.8 Å². The van der Waals surface area contributed by atoms with Crippen LogP contribution >= 0.6 is 0 Å². The summed E-state index contributed by atoms with van der Waals surface area (Å²) < 4.78 is 65.1. The Hall–Kier alpha value is -1.12. The molecule has 2 rings (SSSR count). The second-order valence-corrected chi connectivity index (χ2v) is 7.26. The summed E-state index contributed by atoms with van der Waals surface area (Å²) in [6, 6.07) is 3.45. The third-order valence-corrected chi connectivity index (χ3v) is 5.41. The third-order valence-electron chi connectivity index (χ3n) is 3.85. The SMILES string of the molecule is CC(NS(=O)(=O)c1cccc(C(F)(F)F)c1)C1CCCNC1. The molecule has 0 spiro atoms. The van der Waals surface area contributed by atoms with Gasteiger partial charge in [-0.25, -0.2) is 13.1 Å². The van der Waals surface area contributed by atoms with Crippen LogP contribution in [-0.2, 0) is 16.2 Å². The van der Waals surface area contributed by atoms with Crippen molar-refractivity contribution in [1.29, 1.82) is 0 Å². The van der Waals surface area contributed by atoms with Crippen molar-refractivity contribution in [3.8, 4) is 0 Å². The Morgan fingerprint density at radius 2 is 2.09 bits per heavy atom. The minimum Gasteiger partial charge on any atom is -0.316 e. The average molecular weight is 336 g/mol. The smallest absolute Gasteiger partial charge is 0.316 e. The Kier molecular flexibility index (Phi) is 5.14. The van der Waals surface area contributed by atoms with E-state index in [1.165, 1.54) is 6.07 Å². The fourth-order valence-corrected chi connectivity index (χ4v) is 3.91. The first-order valence-electron chi connectivity index (χ1n) is 7.10.